The number of halogens is 1. The van der Waals surface area contributed by atoms with E-state index in [1.807, 2.05) is 11.6 Å². The summed E-state index contributed by atoms with van der Waals surface area (Å²) in [7, 11) is 1.85. The van der Waals surface area contributed by atoms with Crippen molar-refractivity contribution in [1.82, 2.24) is 25.4 Å². The van der Waals surface area contributed by atoms with Crippen molar-refractivity contribution in [2.75, 3.05) is 13.6 Å². The Hall–Kier alpha value is -0.860. The highest BCUT2D eigenvalue weighted by Crippen LogP contribution is 2.31. The summed E-state index contributed by atoms with van der Waals surface area (Å²) in [6.07, 6.45) is 12.8. The molecule has 1 heterocycles. The van der Waals surface area contributed by atoms with Crippen molar-refractivity contribution in [1.29, 1.82) is 0 Å². The van der Waals surface area contributed by atoms with Gasteiger partial charge < -0.3 is 15.2 Å². The lowest BCUT2D eigenvalue weighted by molar-refractivity contribution is 0.229. The number of nitrogens with zero attached hydrogens (tertiary/aromatic N) is 4. The molecule has 1 aliphatic carbocycles. The molecule has 0 saturated heterocycles. The summed E-state index contributed by atoms with van der Waals surface area (Å²) < 4.78 is 2.01. The lowest BCUT2D eigenvalue weighted by Crippen LogP contribution is -2.46. The minimum Gasteiger partial charge on any atom is -0.356 e. The van der Waals surface area contributed by atoms with Crippen molar-refractivity contribution in [3.8, 4) is 0 Å². The number of rotatable bonds is 8. The topological polar surface area (TPSA) is 67.1 Å². The molecule has 0 aromatic carbocycles. The number of aryl methyl sites for hydroxylation is 1. The second kappa shape index (κ2) is 12.5. The number of guanidine groups is 1. The first-order valence-electron chi connectivity index (χ1n) is 9.50. The lowest BCUT2D eigenvalue weighted by Gasteiger charge is -2.32. The normalized spacial score (nSPS) is 18.3. The van der Waals surface area contributed by atoms with E-state index in [4.69, 9.17) is 0 Å². The molecule has 0 radical (unpaired) electrons. The Balaban J connectivity index is 0.00000312. The molecule has 2 N–H and O–H groups in total. The van der Waals surface area contributed by atoms with Gasteiger partial charge in [0.15, 0.2) is 5.96 Å². The Morgan fingerprint density at radius 3 is 2.48 bits per heavy atom. The number of hydrogen-bond donors (Lipinski definition) is 2. The van der Waals surface area contributed by atoms with Crippen molar-refractivity contribution >= 4 is 29.9 Å². The van der Waals surface area contributed by atoms with E-state index in [0.29, 0.717) is 12.0 Å². The molecule has 6 nitrogen and oxygen atoms in total. The summed E-state index contributed by atoms with van der Waals surface area (Å²) in [6, 6.07) is 0.455. The van der Waals surface area contributed by atoms with E-state index in [2.05, 4.69) is 39.7 Å². The minimum absolute atomic E-state index is 0. The van der Waals surface area contributed by atoms with Gasteiger partial charge in [-0.15, -0.1) is 34.2 Å². The molecule has 7 heteroatoms. The Morgan fingerprint density at radius 2 is 1.84 bits per heavy atom. The van der Waals surface area contributed by atoms with Crippen molar-refractivity contribution in [3.05, 3.63) is 12.7 Å². The summed E-state index contributed by atoms with van der Waals surface area (Å²) in [5.41, 5.74) is 0. The summed E-state index contributed by atoms with van der Waals surface area (Å²) in [5, 5.41) is 14.7. The number of aliphatic imine (C=N–C) groups is 1. The van der Waals surface area contributed by atoms with E-state index >= 15 is 0 Å². The fourth-order valence-corrected chi connectivity index (χ4v) is 3.57. The summed E-state index contributed by atoms with van der Waals surface area (Å²) >= 11 is 0. The van der Waals surface area contributed by atoms with Gasteiger partial charge in [0, 0.05) is 26.2 Å². The van der Waals surface area contributed by atoms with Gasteiger partial charge in [-0.1, -0.05) is 39.0 Å². The van der Waals surface area contributed by atoms with Gasteiger partial charge >= 0.3 is 0 Å². The standard InChI is InChI=1S/C18H34N6.HI/c1-15(17-9-5-4-6-10-17)16(2)23-18(19-3)20-11-7-8-12-24-13-21-22-14-24;/h13-17H,4-12H2,1-3H3,(H2,19,20,23);1H. The van der Waals surface area contributed by atoms with Crippen LogP contribution in [0.15, 0.2) is 17.6 Å². The van der Waals surface area contributed by atoms with Gasteiger partial charge in [-0.2, -0.15) is 0 Å². The van der Waals surface area contributed by atoms with E-state index < -0.39 is 0 Å². The molecule has 2 unspecified atom stereocenters. The Kier molecular flexibility index (Phi) is 11.1. The quantitative estimate of drug-likeness (QED) is 0.269. The molecular formula is C18H35IN6. The van der Waals surface area contributed by atoms with Gasteiger partial charge in [-0.3, -0.25) is 4.99 Å². The molecule has 2 atom stereocenters. The van der Waals surface area contributed by atoms with Crippen molar-refractivity contribution in [2.24, 2.45) is 16.8 Å². The van der Waals surface area contributed by atoms with E-state index in [9.17, 15) is 0 Å². The van der Waals surface area contributed by atoms with Gasteiger partial charge in [0.2, 0.25) is 0 Å². The zero-order valence-corrected chi connectivity index (χ0v) is 18.3. The first kappa shape index (κ1) is 22.2. The van der Waals surface area contributed by atoms with Crippen molar-refractivity contribution in [3.63, 3.8) is 0 Å². The van der Waals surface area contributed by atoms with Crippen molar-refractivity contribution < 1.29 is 0 Å². The highest BCUT2D eigenvalue weighted by Gasteiger charge is 2.24. The van der Waals surface area contributed by atoms with Gasteiger partial charge in [-0.05, 0) is 31.6 Å². The Labute approximate surface area is 169 Å². The zero-order chi connectivity index (χ0) is 17.2. The third-order valence-corrected chi connectivity index (χ3v) is 5.37. The fourth-order valence-electron chi connectivity index (χ4n) is 3.57. The van der Waals surface area contributed by atoms with Crippen LogP contribution in [0.1, 0.15) is 58.8 Å². The number of unbranched alkanes of at least 4 members (excludes halogenated alkanes) is 1. The lowest BCUT2D eigenvalue weighted by atomic mass is 9.78. The second-order valence-electron chi connectivity index (χ2n) is 7.10. The molecule has 0 aliphatic heterocycles. The third-order valence-electron chi connectivity index (χ3n) is 5.37. The fraction of sp³-hybridized carbons (Fsp3) is 0.833. The summed E-state index contributed by atoms with van der Waals surface area (Å²) in [6.45, 7) is 6.58. The molecule has 1 fully saturated rings. The molecule has 1 aromatic rings. The maximum atomic E-state index is 4.37. The molecule has 144 valence electrons. The average molecular weight is 462 g/mol. The predicted octanol–water partition coefficient (Wildman–Crippen LogP) is 3.45. The van der Waals surface area contributed by atoms with Gasteiger partial charge in [0.25, 0.3) is 0 Å². The molecule has 1 aromatic heterocycles. The van der Waals surface area contributed by atoms with Crippen LogP contribution in [0, 0.1) is 11.8 Å². The second-order valence-corrected chi connectivity index (χ2v) is 7.10. The molecule has 2 rings (SSSR count). The van der Waals surface area contributed by atoms with Gasteiger partial charge in [0.1, 0.15) is 12.7 Å². The van der Waals surface area contributed by atoms with Crippen LogP contribution in [0.2, 0.25) is 0 Å². The predicted molar refractivity (Wildman–Crippen MR) is 114 cm³/mol. The Bertz CT molecular complexity index is 470. The smallest absolute Gasteiger partial charge is 0.191 e. The number of hydrogen-bond acceptors (Lipinski definition) is 3. The molecule has 1 aliphatic rings. The molecule has 0 bridgehead atoms. The Morgan fingerprint density at radius 1 is 1.16 bits per heavy atom. The molecule has 1 saturated carbocycles. The van der Waals surface area contributed by atoms with E-state index in [0.717, 1.165) is 37.8 Å². The van der Waals surface area contributed by atoms with Crippen LogP contribution in [0.25, 0.3) is 0 Å². The SMILES string of the molecule is CN=C(NCCCCn1cnnc1)NC(C)C(C)C1CCCCC1.I. The number of aromatic nitrogens is 3. The molecule has 0 spiro atoms. The highest BCUT2D eigenvalue weighted by atomic mass is 127. The first-order valence-corrected chi connectivity index (χ1v) is 9.50. The van der Waals surface area contributed by atoms with Crippen LogP contribution in [0.3, 0.4) is 0 Å². The molecular weight excluding hydrogens is 427 g/mol. The van der Waals surface area contributed by atoms with Crippen LogP contribution in [-0.4, -0.2) is 40.4 Å². The molecule has 25 heavy (non-hydrogen) atoms. The summed E-state index contributed by atoms with van der Waals surface area (Å²) in [5.74, 6) is 2.48. The van der Waals surface area contributed by atoms with Crippen LogP contribution in [-0.2, 0) is 6.54 Å². The van der Waals surface area contributed by atoms with E-state index in [-0.39, 0.29) is 24.0 Å². The van der Waals surface area contributed by atoms with Crippen molar-refractivity contribution in [2.45, 2.75) is 71.4 Å². The van der Waals surface area contributed by atoms with Crippen LogP contribution in [0.4, 0.5) is 0 Å². The third kappa shape index (κ3) is 7.92. The maximum absolute atomic E-state index is 4.37. The first-order chi connectivity index (χ1) is 11.7. The largest absolute Gasteiger partial charge is 0.356 e. The molecule has 0 amide bonds. The van der Waals surface area contributed by atoms with Crippen LogP contribution in [0.5, 0.6) is 0 Å². The van der Waals surface area contributed by atoms with Gasteiger partial charge in [0.05, 0.1) is 0 Å². The van der Waals surface area contributed by atoms with Crippen LogP contribution >= 0.6 is 24.0 Å². The van der Waals surface area contributed by atoms with E-state index in [1.165, 1.54) is 32.1 Å². The zero-order valence-electron chi connectivity index (χ0n) is 15.9. The summed E-state index contributed by atoms with van der Waals surface area (Å²) in [4.78, 5) is 4.37. The van der Waals surface area contributed by atoms with Crippen LogP contribution < -0.4 is 10.6 Å². The number of nitrogens with one attached hydrogen (secondary N) is 2. The minimum atomic E-state index is 0. The monoisotopic (exact) mass is 462 g/mol. The van der Waals surface area contributed by atoms with Gasteiger partial charge in [-0.25, -0.2) is 0 Å². The maximum Gasteiger partial charge on any atom is 0.191 e. The van der Waals surface area contributed by atoms with E-state index in [1.54, 1.807) is 12.7 Å². The average Bonchev–Trinajstić information content (AvgIpc) is 3.13. The highest BCUT2D eigenvalue weighted by molar-refractivity contribution is 14.0.